The fourth-order valence-electron chi connectivity index (χ4n) is 2.58. The number of aromatic nitrogens is 2. The van der Waals surface area contributed by atoms with Gasteiger partial charge in [0.1, 0.15) is 0 Å². The zero-order valence-electron chi connectivity index (χ0n) is 13.9. The van der Waals surface area contributed by atoms with Crippen molar-refractivity contribution in [2.45, 2.75) is 6.92 Å². The predicted octanol–water partition coefficient (Wildman–Crippen LogP) is 1.89. The van der Waals surface area contributed by atoms with Gasteiger partial charge in [0.15, 0.2) is 5.69 Å². The van der Waals surface area contributed by atoms with E-state index in [4.69, 9.17) is 4.42 Å². The van der Waals surface area contributed by atoms with Crippen LogP contribution < -0.4 is 5.63 Å². The van der Waals surface area contributed by atoms with Crippen LogP contribution in [0.25, 0.3) is 16.8 Å². The van der Waals surface area contributed by atoms with Crippen molar-refractivity contribution in [1.29, 1.82) is 0 Å². The summed E-state index contributed by atoms with van der Waals surface area (Å²) in [6.45, 7) is 1.28. The number of ether oxygens (including phenoxy) is 1. The van der Waals surface area contributed by atoms with Crippen LogP contribution in [0.5, 0.6) is 0 Å². The highest BCUT2D eigenvalue weighted by atomic mass is 16.6. The molecule has 3 aromatic rings. The van der Waals surface area contributed by atoms with Crippen molar-refractivity contribution in [3.63, 3.8) is 0 Å². The van der Waals surface area contributed by atoms with E-state index < -0.39 is 27.1 Å². The number of rotatable bonds is 4. The second-order valence-electron chi connectivity index (χ2n) is 5.33. The van der Waals surface area contributed by atoms with Gasteiger partial charge in [-0.3, -0.25) is 20.2 Å². The van der Waals surface area contributed by atoms with Crippen LogP contribution in [0.3, 0.4) is 0 Å². The molecule has 0 spiro atoms. The Bertz CT molecular complexity index is 1160. The minimum atomic E-state index is -1.22. The maximum atomic E-state index is 12.1. The van der Waals surface area contributed by atoms with Gasteiger partial charge in [-0.05, 0) is 19.1 Å². The molecule has 0 amide bonds. The highest BCUT2D eigenvalue weighted by Gasteiger charge is 2.30. The van der Waals surface area contributed by atoms with Gasteiger partial charge < -0.3 is 9.15 Å². The number of nitro benzene ring substituents is 1. The Morgan fingerprint density at radius 2 is 1.81 bits per heavy atom. The molecule has 2 aromatic heterocycles. The zero-order valence-corrected chi connectivity index (χ0v) is 13.9. The summed E-state index contributed by atoms with van der Waals surface area (Å²) >= 11 is 0. The lowest BCUT2D eigenvalue weighted by Gasteiger charge is -2.02. The Morgan fingerprint density at radius 1 is 1.19 bits per heavy atom. The molecule has 0 N–H and O–H groups in total. The Morgan fingerprint density at radius 3 is 2.33 bits per heavy atom. The first-order chi connectivity index (χ1) is 12.8. The van der Waals surface area contributed by atoms with Crippen molar-refractivity contribution in [3.05, 3.63) is 66.2 Å². The van der Waals surface area contributed by atoms with Gasteiger partial charge in [0, 0.05) is 17.7 Å². The fourth-order valence-corrected chi connectivity index (χ4v) is 2.58. The van der Waals surface area contributed by atoms with Crippen molar-refractivity contribution in [2.75, 3.05) is 7.11 Å². The van der Waals surface area contributed by atoms with Crippen LogP contribution in [-0.2, 0) is 4.74 Å². The number of nitro groups is 2. The number of non-ortho nitro benzene ring substituents is 1. The number of methoxy groups -OCH3 is 1. The van der Waals surface area contributed by atoms with Crippen molar-refractivity contribution in [3.8, 4) is 5.69 Å². The van der Waals surface area contributed by atoms with Crippen LogP contribution in [0.1, 0.15) is 16.1 Å². The minimum Gasteiger partial charge on any atom is -0.464 e. The number of carbonyl (C=O) groups excluding carboxylic acids is 1. The van der Waals surface area contributed by atoms with E-state index in [2.05, 4.69) is 9.84 Å². The highest BCUT2D eigenvalue weighted by Crippen LogP contribution is 2.29. The normalized spacial score (nSPS) is 10.7. The van der Waals surface area contributed by atoms with Crippen LogP contribution in [0.4, 0.5) is 11.4 Å². The largest absolute Gasteiger partial charge is 0.464 e. The van der Waals surface area contributed by atoms with Crippen LogP contribution in [0.15, 0.2) is 33.5 Å². The summed E-state index contributed by atoms with van der Waals surface area (Å²) < 4.78 is 10.7. The molecule has 0 atom stereocenters. The van der Waals surface area contributed by atoms with Crippen LogP contribution in [-0.4, -0.2) is 32.7 Å². The van der Waals surface area contributed by atoms with Crippen molar-refractivity contribution in [1.82, 2.24) is 9.78 Å². The maximum Gasteiger partial charge on any atom is 0.416 e. The third kappa shape index (κ3) is 2.78. The van der Waals surface area contributed by atoms with Crippen molar-refractivity contribution in [2.24, 2.45) is 0 Å². The summed E-state index contributed by atoms with van der Waals surface area (Å²) in [6.07, 6.45) is 0. The summed E-state index contributed by atoms with van der Waals surface area (Å²) in [7, 11) is 1.10. The fraction of sp³-hybridized carbons (Fsp3) is 0.133. The molecule has 0 radical (unpaired) electrons. The number of aryl methyl sites for hydroxylation is 1. The van der Waals surface area contributed by atoms with E-state index in [-0.39, 0.29) is 33.7 Å². The summed E-state index contributed by atoms with van der Waals surface area (Å²) in [5.41, 5.74) is -2.62. The van der Waals surface area contributed by atoms with Crippen LogP contribution in [0, 0.1) is 27.2 Å². The Kier molecular flexibility index (Phi) is 4.15. The van der Waals surface area contributed by atoms with Gasteiger partial charge in [0.2, 0.25) is 5.71 Å². The predicted molar refractivity (Wildman–Crippen MR) is 89.0 cm³/mol. The number of hydrogen-bond acceptors (Lipinski definition) is 9. The third-order valence-corrected chi connectivity index (χ3v) is 3.82. The topological polar surface area (TPSA) is 161 Å². The van der Waals surface area contributed by atoms with Crippen LogP contribution in [0.2, 0.25) is 0 Å². The summed E-state index contributed by atoms with van der Waals surface area (Å²) in [5, 5.41) is 25.9. The first kappa shape index (κ1) is 17.7. The molecular weight excluding hydrogens is 364 g/mol. The van der Waals surface area contributed by atoms with Crippen LogP contribution >= 0.6 is 0 Å². The smallest absolute Gasteiger partial charge is 0.416 e. The molecule has 0 saturated heterocycles. The van der Waals surface area contributed by atoms with E-state index in [9.17, 15) is 29.8 Å². The summed E-state index contributed by atoms with van der Waals surface area (Å²) in [4.78, 5) is 44.5. The molecule has 12 heteroatoms. The van der Waals surface area contributed by atoms with Gasteiger partial charge in [-0.1, -0.05) is 0 Å². The molecular formula is C15H10N4O8. The average Bonchev–Trinajstić information content (AvgIpc) is 3.00. The van der Waals surface area contributed by atoms with Gasteiger partial charge in [0.25, 0.3) is 5.69 Å². The lowest BCUT2D eigenvalue weighted by Crippen LogP contribution is -2.10. The number of esters is 1. The van der Waals surface area contributed by atoms with Gasteiger partial charge in [-0.15, -0.1) is 0 Å². The molecule has 0 unspecified atom stereocenters. The average molecular weight is 374 g/mol. The van der Waals surface area contributed by atoms with Gasteiger partial charge in [0.05, 0.1) is 28.0 Å². The van der Waals surface area contributed by atoms with E-state index in [0.717, 1.165) is 11.8 Å². The lowest BCUT2D eigenvalue weighted by atomic mass is 10.1. The minimum absolute atomic E-state index is 0.0634. The van der Waals surface area contributed by atoms with E-state index in [0.29, 0.717) is 0 Å². The number of benzene rings is 1. The number of carbonyl (C=O) groups is 1. The maximum absolute atomic E-state index is 12.1. The second kappa shape index (κ2) is 6.33. The molecule has 0 fully saturated rings. The van der Waals surface area contributed by atoms with E-state index >= 15 is 0 Å². The number of fused-ring (bicyclic) bond motifs is 1. The molecule has 0 aliphatic carbocycles. The second-order valence-corrected chi connectivity index (χ2v) is 5.33. The molecule has 0 saturated carbocycles. The third-order valence-electron chi connectivity index (χ3n) is 3.82. The first-order valence-corrected chi connectivity index (χ1v) is 7.30. The van der Waals surface area contributed by atoms with E-state index in [1.165, 1.54) is 31.2 Å². The standard InChI is InChI=1S/C15H10N4O8/c1-7-10-11(14(20)26-2)16-17(8-3-5-9(6-4-8)18(22)23)13(10)27-15(21)12(7)19(24)25/h3-6H,1-2H3. The molecule has 0 bridgehead atoms. The van der Waals surface area contributed by atoms with Gasteiger partial charge in [-0.25, -0.2) is 9.59 Å². The monoisotopic (exact) mass is 374 g/mol. The Labute approximate surface area is 148 Å². The molecule has 2 heterocycles. The molecule has 1 aromatic carbocycles. The van der Waals surface area contributed by atoms with Crippen molar-refractivity contribution >= 4 is 28.4 Å². The number of hydrogen-bond donors (Lipinski definition) is 0. The lowest BCUT2D eigenvalue weighted by molar-refractivity contribution is -0.387. The quantitative estimate of drug-likeness (QED) is 0.377. The van der Waals surface area contributed by atoms with E-state index in [1.807, 2.05) is 0 Å². The number of nitrogens with zero attached hydrogens (tertiary/aromatic N) is 4. The zero-order chi connectivity index (χ0) is 19.9. The highest BCUT2D eigenvalue weighted by molar-refractivity contribution is 6.03. The van der Waals surface area contributed by atoms with E-state index in [1.54, 1.807) is 0 Å². The Hall–Kier alpha value is -4.09. The SMILES string of the molecule is COC(=O)c1nn(-c2ccc([N+](=O)[O-])cc2)c2oc(=O)c([N+](=O)[O-])c(C)c12. The molecule has 27 heavy (non-hydrogen) atoms. The van der Waals surface area contributed by atoms with Crippen molar-refractivity contribution < 1.29 is 23.8 Å². The molecule has 138 valence electrons. The summed E-state index contributed by atoms with van der Waals surface area (Å²) in [6, 6.07) is 5.03. The molecule has 12 nitrogen and oxygen atoms in total. The summed E-state index contributed by atoms with van der Waals surface area (Å²) in [5.74, 6) is -0.896. The van der Waals surface area contributed by atoms with Gasteiger partial charge in [-0.2, -0.15) is 9.78 Å². The molecule has 0 aliphatic rings. The Balaban J connectivity index is 2.37. The van der Waals surface area contributed by atoms with Gasteiger partial charge >= 0.3 is 17.3 Å². The molecule has 3 rings (SSSR count). The molecule has 0 aliphatic heterocycles. The first-order valence-electron chi connectivity index (χ1n) is 7.30.